The zero-order valence-electron chi connectivity index (χ0n) is 21.1. The zero-order chi connectivity index (χ0) is 24.5. The van der Waals surface area contributed by atoms with E-state index in [-0.39, 0.29) is 104 Å². The number of amidine groups is 1. The van der Waals surface area contributed by atoms with E-state index in [9.17, 15) is 4.79 Å². The fourth-order valence-corrected chi connectivity index (χ4v) is 4.34. The molecule has 0 spiro atoms. The predicted octanol–water partition coefficient (Wildman–Crippen LogP) is 1.29. The van der Waals surface area contributed by atoms with E-state index < -0.39 is 5.92 Å². The van der Waals surface area contributed by atoms with Crippen LogP contribution in [0.5, 0.6) is 0 Å². The van der Waals surface area contributed by atoms with E-state index in [2.05, 4.69) is 39.3 Å². The molecule has 3 aromatic rings. The third-order valence-electron chi connectivity index (χ3n) is 5.10. The number of carbonyl (C=O) groups excluding carboxylic acids is 1. The molecule has 0 saturated carbocycles. The van der Waals surface area contributed by atoms with Gasteiger partial charge in [0.2, 0.25) is 5.91 Å². The van der Waals surface area contributed by atoms with Crippen LogP contribution >= 0.6 is 23.2 Å². The zero-order valence-corrected chi connectivity index (χ0v) is 28.9. The Bertz CT molecular complexity index is 1230. The van der Waals surface area contributed by atoms with Crippen molar-refractivity contribution in [1.29, 1.82) is 0 Å². The third-order valence-corrected chi connectivity index (χ3v) is 5.56. The fraction of sp³-hybridized carbons (Fsp3) is 0.364. The molecule has 4 rings (SSSR count). The van der Waals surface area contributed by atoms with E-state index in [0.29, 0.717) is 22.9 Å². The van der Waals surface area contributed by atoms with Crippen molar-refractivity contribution in [3.8, 4) is 0 Å². The standard InChI is InChI=1S/C19H21Cl2N9O.C2H6.CH3.Cs/c1-9(22)27-30(23)17-13(20)4-10(7-25-17)26-18(31)11-6-19(2,3)16-12(11)8-24-15-5-14(21)28-29(15)16;1-2;;/h4-5,7-8,11H,6,23H2,1-3H3,(H2,22,27)(H,26,31);1-2H3;1H3;/q;;-1;+1. The number of amides is 1. The number of nitrogens with one attached hydrogen (secondary N) is 1. The minimum atomic E-state index is -0.418. The van der Waals surface area contributed by atoms with Gasteiger partial charge in [0.15, 0.2) is 16.6 Å². The number of pyridine rings is 1. The molecule has 10 nitrogen and oxygen atoms in total. The monoisotopic (exact) mass is 639 g/mol. The van der Waals surface area contributed by atoms with Crippen molar-refractivity contribution in [2.75, 3.05) is 10.4 Å². The number of aromatic nitrogens is 4. The number of fused-ring (bicyclic) bond motifs is 3. The Morgan fingerprint density at radius 2 is 1.91 bits per heavy atom. The normalized spacial score (nSPS) is 15.8. The van der Waals surface area contributed by atoms with Gasteiger partial charge in [-0.25, -0.2) is 20.3 Å². The Morgan fingerprint density at radius 3 is 2.51 bits per heavy atom. The Labute approximate surface area is 274 Å². The van der Waals surface area contributed by atoms with Gasteiger partial charge in [0.1, 0.15) is 5.84 Å². The smallest absolute Gasteiger partial charge is 0.386 e. The number of carbonyl (C=O) groups is 1. The summed E-state index contributed by atoms with van der Waals surface area (Å²) < 4.78 is 1.72. The van der Waals surface area contributed by atoms with Gasteiger partial charge >= 0.3 is 68.9 Å². The van der Waals surface area contributed by atoms with Crippen molar-refractivity contribution >= 4 is 52.1 Å². The van der Waals surface area contributed by atoms with Gasteiger partial charge in [-0.05, 0) is 19.4 Å². The third kappa shape index (κ3) is 6.90. The van der Waals surface area contributed by atoms with Gasteiger partial charge in [-0.3, -0.25) is 4.79 Å². The quantitative estimate of drug-likeness (QED) is 0.129. The first-order chi connectivity index (χ1) is 15.6. The molecule has 1 aliphatic rings. The molecule has 3 aromatic heterocycles. The van der Waals surface area contributed by atoms with Gasteiger partial charge in [0, 0.05) is 23.2 Å². The van der Waals surface area contributed by atoms with Crippen LogP contribution in [0.25, 0.3) is 5.65 Å². The molecule has 3 heterocycles. The first kappa shape index (κ1) is 32.1. The molecule has 0 radical (unpaired) electrons. The van der Waals surface area contributed by atoms with Gasteiger partial charge in [0.05, 0.1) is 28.5 Å². The van der Waals surface area contributed by atoms with Crippen molar-refractivity contribution in [2.45, 2.75) is 52.4 Å². The topological polar surface area (TPSA) is 140 Å². The van der Waals surface area contributed by atoms with Gasteiger partial charge in [-0.15, -0.1) is 5.10 Å². The van der Waals surface area contributed by atoms with Gasteiger partial charge in [-0.1, -0.05) is 50.9 Å². The summed E-state index contributed by atoms with van der Waals surface area (Å²) in [6, 6.07) is 3.25. The van der Waals surface area contributed by atoms with Crippen LogP contribution in [0.3, 0.4) is 0 Å². The number of rotatable bonds is 4. The molecule has 0 saturated heterocycles. The van der Waals surface area contributed by atoms with Gasteiger partial charge in [-0.2, -0.15) is 10.2 Å². The first-order valence-corrected chi connectivity index (χ1v) is 11.2. The summed E-state index contributed by atoms with van der Waals surface area (Å²) in [5.74, 6) is 5.63. The van der Waals surface area contributed by atoms with Crippen molar-refractivity contribution in [3.63, 3.8) is 0 Å². The number of nitrogens with two attached hydrogens (primary N) is 2. The van der Waals surface area contributed by atoms with Crippen molar-refractivity contribution in [1.82, 2.24) is 19.6 Å². The van der Waals surface area contributed by atoms with Crippen LogP contribution in [0, 0.1) is 7.43 Å². The molecule has 35 heavy (non-hydrogen) atoms. The van der Waals surface area contributed by atoms with Crippen molar-refractivity contribution < 1.29 is 73.7 Å². The van der Waals surface area contributed by atoms with E-state index in [1.165, 1.54) is 6.20 Å². The molecule has 1 aliphatic carbocycles. The molecule has 1 atom stereocenters. The molecule has 0 fully saturated rings. The summed E-state index contributed by atoms with van der Waals surface area (Å²) in [6.45, 7) is 9.72. The molecule has 1 amide bonds. The molecule has 0 aromatic carbocycles. The molecule has 0 aliphatic heterocycles. The number of nitrogens with zero attached hydrogens (tertiary/aromatic N) is 6. The summed E-state index contributed by atoms with van der Waals surface area (Å²) >= 11 is 12.3. The van der Waals surface area contributed by atoms with Crippen LogP contribution < -0.4 is 90.9 Å². The summed E-state index contributed by atoms with van der Waals surface area (Å²) in [4.78, 5) is 21.7. The Kier molecular flexibility index (Phi) is 12.0. The first-order valence-electron chi connectivity index (χ1n) is 10.4. The number of hydrogen-bond donors (Lipinski definition) is 3. The molecular formula is C22H30Cl2CsN9O. The number of hydrogen-bond acceptors (Lipinski definition) is 7. The maximum absolute atomic E-state index is 13.1. The van der Waals surface area contributed by atoms with E-state index in [1.54, 1.807) is 29.8 Å². The van der Waals surface area contributed by atoms with E-state index in [4.69, 9.17) is 34.8 Å². The Morgan fingerprint density at radius 1 is 1.26 bits per heavy atom. The second kappa shape index (κ2) is 13.1. The maximum Gasteiger partial charge on any atom is 1.00 e. The van der Waals surface area contributed by atoms with Gasteiger partial charge in [0.25, 0.3) is 0 Å². The van der Waals surface area contributed by atoms with Crippen LogP contribution in [0.2, 0.25) is 10.2 Å². The predicted molar refractivity (Wildman–Crippen MR) is 138 cm³/mol. The summed E-state index contributed by atoms with van der Waals surface area (Å²) in [6.07, 6.45) is 3.76. The van der Waals surface area contributed by atoms with Gasteiger partial charge < -0.3 is 18.5 Å². The van der Waals surface area contributed by atoms with E-state index in [1.807, 2.05) is 13.8 Å². The summed E-state index contributed by atoms with van der Waals surface area (Å²) in [5, 5.41) is 12.6. The Hall–Kier alpha value is -0.898. The number of hydrazine groups is 1. The molecule has 184 valence electrons. The number of anilines is 2. The molecule has 1 unspecified atom stereocenters. The minimum Gasteiger partial charge on any atom is -0.386 e. The second-order valence-corrected chi connectivity index (χ2v) is 8.84. The van der Waals surface area contributed by atoms with E-state index >= 15 is 0 Å². The number of halogens is 2. The van der Waals surface area contributed by atoms with Crippen LogP contribution in [0.4, 0.5) is 11.5 Å². The van der Waals surface area contributed by atoms with Crippen molar-refractivity contribution in [3.05, 3.63) is 53.4 Å². The van der Waals surface area contributed by atoms with Crippen LogP contribution in [0.1, 0.15) is 58.2 Å². The molecule has 13 heteroatoms. The molecule has 0 bridgehead atoms. The minimum absolute atomic E-state index is 0. The molecular weight excluding hydrogens is 610 g/mol. The fourth-order valence-electron chi connectivity index (χ4n) is 3.92. The number of hydrazone groups is 1. The summed E-state index contributed by atoms with van der Waals surface area (Å²) in [5.41, 5.74) is 8.04. The van der Waals surface area contributed by atoms with Crippen LogP contribution in [0.15, 0.2) is 29.6 Å². The average Bonchev–Trinajstić information content (AvgIpc) is 3.24. The maximum atomic E-state index is 13.1. The van der Waals surface area contributed by atoms with Crippen molar-refractivity contribution in [2.24, 2.45) is 16.7 Å². The SMILES string of the molecule is C/C(N)=N/N(N)c1ncc(NC(=O)C2CC(C)(C)c3c2cnc2cc(Cl)nn32)cc1Cl.CC.[CH3-].[Cs+]. The Balaban J connectivity index is 0.00000149. The second-order valence-electron chi connectivity index (χ2n) is 8.04. The van der Waals surface area contributed by atoms with E-state index in [0.717, 1.165) is 16.4 Å². The van der Waals surface area contributed by atoms with Crippen LogP contribution in [-0.4, -0.2) is 31.3 Å². The average molecular weight is 640 g/mol. The largest absolute Gasteiger partial charge is 1.00 e. The summed E-state index contributed by atoms with van der Waals surface area (Å²) in [7, 11) is 0. The van der Waals surface area contributed by atoms with Crippen LogP contribution in [-0.2, 0) is 10.2 Å². The molecule has 5 N–H and O–H groups in total.